The largest absolute Gasteiger partial charge is 3.00 e. The van der Waals surface area contributed by atoms with E-state index in [-0.39, 0.29) is 70.4 Å². The Balaban J connectivity index is -0.00000000167. The topological polar surface area (TPSA) is 34.1 Å². The zero-order valence-electron chi connectivity index (χ0n) is 3.28. The fourth-order valence-electron chi connectivity index (χ4n) is 0. The summed E-state index contributed by atoms with van der Waals surface area (Å²) in [6.07, 6.45) is 0. The molecule has 4 radical (unpaired) electrons. The van der Waals surface area contributed by atoms with Crippen LogP contribution in [0.15, 0.2) is 0 Å². The predicted octanol–water partition coefficient (Wildman–Crippen LogP) is -9.78. The minimum Gasteiger partial charge on any atom is -1.00 e. The molecule has 0 aromatic carbocycles. The van der Waals surface area contributed by atoms with Crippen LogP contribution in [0.25, 0.3) is 0 Å². The average molecular weight is 399 g/mol. The molecule has 0 saturated heterocycles. The predicted molar refractivity (Wildman–Crippen MR) is 11.4 cm³/mol. The van der Waals surface area contributed by atoms with E-state index in [0.29, 0.717) is 0 Å². The van der Waals surface area contributed by atoms with Gasteiger partial charge in [-0.05, 0) is 0 Å². The van der Waals surface area contributed by atoms with Gasteiger partial charge in [0.25, 0.3) is 13.6 Å². The van der Waals surface area contributed by atoms with Gasteiger partial charge in [0, 0.05) is 0 Å². The molecule has 0 heterocycles. The third-order valence-corrected chi connectivity index (χ3v) is 0. The van der Waals surface area contributed by atoms with Crippen LogP contribution in [0.5, 0.6) is 0 Å². The molecule has 0 N–H and O–H groups in total. The van der Waals surface area contributed by atoms with Gasteiger partial charge in [0.05, 0.1) is 0 Å². The monoisotopic (exact) mass is 396 g/mol. The van der Waals surface area contributed by atoms with Gasteiger partial charge in [-0.2, -0.15) is 0 Å². The van der Waals surface area contributed by atoms with Crippen LogP contribution >= 0.6 is 0 Å². The van der Waals surface area contributed by atoms with Crippen molar-refractivity contribution in [1.82, 2.24) is 0 Å². The minimum atomic E-state index is 0. The van der Waals surface area contributed by atoms with E-state index in [1.54, 1.807) is 0 Å². The van der Waals surface area contributed by atoms with Gasteiger partial charge in [-0.15, -0.1) is 0 Å². The first-order valence-corrected chi connectivity index (χ1v) is 0.408. The van der Waals surface area contributed by atoms with E-state index in [9.17, 15) is 0 Å². The number of halogens is 3. The molecule has 6 heteroatoms. The molecule has 0 unspecified atom stereocenters. The van der Waals surface area contributed by atoms with E-state index in [0.717, 1.165) is 0 Å². The molecule has 0 bridgehead atoms. The summed E-state index contributed by atoms with van der Waals surface area (Å²) in [6.45, 7) is 9.00. The summed E-state index contributed by atoms with van der Waals surface area (Å²) in [5, 5.41) is 0. The molecule has 0 spiro atoms. The van der Waals surface area contributed by atoms with E-state index in [1.807, 2.05) is 0 Å². The van der Waals surface area contributed by atoms with E-state index in [2.05, 4.69) is 13.6 Å². The second kappa shape index (κ2) is 234. The minimum absolute atomic E-state index is 0. The molecule has 0 aliphatic carbocycles. The summed E-state index contributed by atoms with van der Waals surface area (Å²) in [4.78, 5) is 15.0. The van der Waals surface area contributed by atoms with Crippen molar-refractivity contribution in [3.8, 4) is 0 Å². The first-order valence-electron chi connectivity index (χ1n) is 0.408. The summed E-state index contributed by atoms with van der Waals surface area (Å²) < 4.78 is 0. The number of hydrogen-bond acceptors (Lipinski definition) is 2. The van der Waals surface area contributed by atoms with Crippen molar-refractivity contribution in [3.63, 3.8) is 0 Å². The molecule has 0 aliphatic rings. The van der Waals surface area contributed by atoms with Gasteiger partial charge in [0.1, 0.15) is 0 Å². The standard InChI is InChI=1S/2CO.3BrH.Rh/c2*1-2;;;;/h;;3*1H;/q;;;;;+3/p-3. The Bertz CT molecular complexity index is 17.2. The fraction of sp³-hybridized carbons (Fsp3) is 0. The van der Waals surface area contributed by atoms with Gasteiger partial charge in [0.15, 0.2) is 0 Å². The summed E-state index contributed by atoms with van der Waals surface area (Å²) in [5.74, 6) is 0. The van der Waals surface area contributed by atoms with E-state index >= 15 is 0 Å². The SMILES string of the molecule is [Br-].[Br-].[Br-].[C]=O.[C]=O.[Rh+3]. The second-order valence-corrected chi connectivity index (χ2v) is 0. The molecule has 8 heavy (non-hydrogen) atoms. The molecule has 0 atom stereocenters. The maximum atomic E-state index is 7.50. The summed E-state index contributed by atoms with van der Waals surface area (Å²) in [5.41, 5.74) is 0. The number of carbonyl (C=O) groups excluding carboxylic acids is 2. The molecule has 0 aromatic rings. The molecule has 0 aromatic heterocycles. The van der Waals surface area contributed by atoms with Crippen molar-refractivity contribution in [2.45, 2.75) is 0 Å². The van der Waals surface area contributed by atoms with E-state index in [4.69, 9.17) is 9.59 Å². The summed E-state index contributed by atoms with van der Waals surface area (Å²) in [7, 11) is 0. The van der Waals surface area contributed by atoms with Crippen molar-refractivity contribution < 1.29 is 80.0 Å². The van der Waals surface area contributed by atoms with Gasteiger partial charge in [-0.3, -0.25) is 9.59 Å². The first-order chi connectivity index (χ1) is 2.00. The van der Waals surface area contributed by atoms with Crippen molar-refractivity contribution in [1.29, 1.82) is 0 Å². The molecule has 0 aliphatic heterocycles. The Hall–Kier alpha value is 1.40. The van der Waals surface area contributed by atoms with Crippen LogP contribution in [0.1, 0.15) is 0 Å². The van der Waals surface area contributed by atoms with Crippen LogP contribution in [0.2, 0.25) is 0 Å². The average Bonchev–Trinajstić information content (AvgIpc) is 1.50. The van der Waals surface area contributed by atoms with Crippen LogP contribution in [0, 0.1) is 0 Å². The third-order valence-electron chi connectivity index (χ3n) is 0. The van der Waals surface area contributed by atoms with Gasteiger partial charge in [0.2, 0.25) is 0 Å². The normalized spacial score (nSPS) is 1.00. The van der Waals surface area contributed by atoms with Crippen LogP contribution in [-0.2, 0) is 29.1 Å². The van der Waals surface area contributed by atoms with Crippen LogP contribution < -0.4 is 50.9 Å². The van der Waals surface area contributed by atoms with Crippen LogP contribution in [0.3, 0.4) is 0 Å². The Morgan fingerprint density at radius 1 is 0.625 bits per heavy atom. The third kappa shape index (κ3) is 154. The Labute approximate surface area is 92.9 Å². The van der Waals surface area contributed by atoms with Crippen molar-refractivity contribution in [3.05, 3.63) is 0 Å². The van der Waals surface area contributed by atoms with Crippen LogP contribution in [-0.4, -0.2) is 13.6 Å². The van der Waals surface area contributed by atoms with Gasteiger partial charge in [-0.25, -0.2) is 0 Å². The summed E-state index contributed by atoms with van der Waals surface area (Å²) in [6, 6.07) is 0. The van der Waals surface area contributed by atoms with Gasteiger partial charge >= 0.3 is 19.5 Å². The maximum absolute atomic E-state index is 7.50. The van der Waals surface area contributed by atoms with E-state index in [1.165, 1.54) is 0 Å². The molecular weight excluding hydrogens is 399 g/mol. The number of rotatable bonds is 0. The van der Waals surface area contributed by atoms with Crippen molar-refractivity contribution >= 4 is 13.6 Å². The quantitative estimate of drug-likeness (QED) is 0.380. The molecular formula is C2Br3O2Rh. The Morgan fingerprint density at radius 3 is 0.625 bits per heavy atom. The van der Waals surface area contributed by atoms with Crippen molar-refractivity contribution in [2.75, 3.05) is 0 Å². The summed E-state index contributed by atoms with van der Waals surface area (Å²) >= 11 is 0. The Morgan fingerprint density at radius 2 is 0.625 bits per heavy atom. The van der Waals surface area contributed by atoms with Gasteiger partial charge < -0.3 is 50.9 Å². The zero-order chi connectivity index (χ0) is 4.00. The van der Waals surface area contributed by atoms with Crippen LogP contribution in [0.4, 0.5) is 0 Å². The van der Waals surface area contributed by atoms with Gasteiger partial charge in [-0.1, -0.05) is 0 Å². The zero-order valence-corrected chi connectivity index (χ0v) is 9.68. The molecule has 0 amide bonds. The molecule has 50 valence electrons. The maximum Gasteiger partial charge on any atom is 3.00 e. The number of hydrogen-bond donors (Lipinski definition) is 0. The van der Waals surface area contributed by atoms with Crippen molar-refractivity contribution in [2.24, 2.45) is 0 Å². The van der Waals surface area contributed by atoms with E-state index < -0.39 is 0 Å². The first kappa shape index (κ1) is 57.3. The molecule has 0 rings (SSSR count). The molecule has 2 nitrogen and oxygen atoms in total. The smallest absolute Gasteiger partial charge is 1.00 e. The Kier molecular flexibility index (Phi) is 1680. The second-order valence-electron chi connectivity index (χ2n) is 0. The molecule has 0 fully saturated rings. The molecule has 0 saturated carbocycles. The fourth-order valence-corrected chi connectivity index (χ4v) is 0.